The molecule has 0 bridgehead atoms. The highest BCUT2D eigenvalue weighted by Crippen LogP contribution is 2.16. The van der Waals surface area contributed by atoms with Gasteiger partial charge in [-0.15, -0.1) is 10.2 Å². The van der Waals surface area contributed by atoms with Crippen molar-refractivity contribution in [2.45, 2.75) is 12.8 Å². The van der Waals surface area contributed by atoms with Crippen molar-refractivity contribution in [1.82, 2.24) is 20.2 Å². The first-order chi connectivity index (χ1) is 10.8. The van der Waals surface area contributed by atoms with Gasteiger partial charge in [-0.25, -0.2) is 9.97 Å². The van der Waals surface area contributed by atoms with Crippen LogP contribution in [0.1, 0.15) is 22.0 Å². The van der Waals surface area contributed by atoms with Gasteiger partial charge in [-0.05, 0) is 24.5 Å². The van der Waals surface area contributed by atoms with Gasteiger partial charge in [0.2, 0.25) is 0 Å². The zero-order chi connectivity index (χ0) is 15.2. The SMILES string of the molecule is O/C(=C/c1cc(CCc2ccccc2)ncn1)c1nncs1. The molecule has 6 heteroatoms. The third kappa shape index (κ3) is 3.73. The van der Waals surface area contributed by atoms with Gasteiger partial charge >= 0.3 is 0 Å². The molecule has 5 nitrogen and oxygen atoms in total. The molecule has 0 saturated heterocycles. The van der Waals surface area contributed by atoms with Crippen LogP contribution in [-0.2, 0) is 12.8 Å². The minimum Gasteiger partial charge on any atom is -0.505 e. The molecule has 110 valence electrons. The normalized spacial score (nSPS) is 11.5. The third-order valence-electron chi connectivity index (χ3n) is 3.12. The lowest BCUT2D eigenvalue weighted by Gasteiger charge is -2.02. The quantitative estimate of drug-likeness (QED) is 0.733. The van der Waals surface area contributed by atoms with Crippen LogP contribution in [0.15, 0.2) is 48.2 Å². The number of hydrogen-bond acceptors (Lipinski definition) is 6. The molecule has 0 radical (unpaired) electrons. The molecule has 22 heavy (non-hydrogen) atoms. The molecule has 0 atom stereocenters. The molecule has 2 heterocycles. The van der Waals surface area contributed by atoms with E-state index in [0.717, 1.165) is 18.5 Å². The van der Waals surface area contributed by atoms with E-state index in [1.54, 1.807) is 11.6 Å². The van der Waals surface area contributed by atoms with E-state index in [1.165, 1.54) is 23.2 Å². The van der Waals surface area contributed by atoms with Crippen LogP contribution in [0, 0.1) is 0 Å². The predicted molar refractivity (Wildman–Crippen MR) is 86.3 cm³/mol. The lowest BCUT2D eigenvalue weighted by molar-refractivity contribution is 0.513. The number of aliphatic hydroxyl groups excluding tert-OH is 1. The number of aliphatic hydroxyl groups is 1. The molecular formula is C16H14N4OS. The monoisotopic (exact) mass is 310 g/mol. The Morgan fingerprint density at radius 3 is 2.77 bits per heavy atom. The average molecular weight is 310 g/mol. The molecule has 2 aromatic heterocycles. The summed E-state index contributed by atoms with van der Waals surface area (Å²) < 4.78 is 0. The Bertz CT molecular complexity index is 757. The minimum atomic E-state index is 0.0650. The molecule has 1 N–H and O–H groups in total. The second-order valence-electron chi connectivity index (χ2n) is 4.69. The van der Waals surface area contributed by atoms with Crippen LogP contribution in [0.5, 0.6) is 0 Å². The fourth-order valence-corrected chi connectivity index (χ4v) is 2.50. The van der Waals surface area contributed by atoms with Gasteiger partial charge in [0.15, 0.2) is 10.8 Å². The van der Waals surface area contributed by atoms with Gasteiger partial charge in [0, 0.05) is 11.8 Å². The van der Waals surface area contributed by atoms with Crippen molar-refractivity contribution in [2.24, 2.45) is 0 Å². The highest BCUT2D eigenvalue weighted by molar-refractivity contribution is 7.10. The Kier molecular flexibility index (Phi) is 4.50. The molecular weight excluding hydrogens is 296 g/mol. The van der Waals surface area contributed by atoms with E-state index in [2.05, 4.69) is 32.3 Å². The summed E-state index contributed by atoms with van der Waals surface area (Å²) in [5.41, 5.74) is 4.45. The second-order valence-corrected chi connectivity index (χ2v) is 5.53. The van der Waals surface area contributed by atoms with Gasteiger partial charge < -0.3 is 5.11 Å². The van der Waals surface area contributed by atoms with Crippen LogP contribution < -0.4 is 0 Å². The maximum absolute atomic E-state index is 9.97. The van der Waals surface area contributed by atoms with E-state index in [0.29, 0.717) is 10.7 Å². The van der Waals surface area contributed by atoms with E-state index < -0.39 is 0 Å². The predicted octanol–water partition coefficient (Wildman–Crippen LogP) is 3.17. The molecule has 3 rings (SSSR count). The van der Waals surface area contributed by atoms with Crippen LogP contribution in [-0.4, -0.2) is 25.3 Å². The highest BCUT2D eigenvalue weighted by atomic mass is 32.1. The lowest BCUT2D eigenvalue weighted by Crippen LogP contribution is -1.96. The zero-order valence-electron chi connectivity index (χ0n) is 11.8. The Morgan fingerprint density at radius 1 is 1.14 bits per heavy atom. The topological polar surface area (TPSA) is 71.8 Å². The van der Waals surface area contributed by atoms with Crippen molar-refractivity contribution in [2.75, 3.05) is 0 Å². The maximum Gasteiger partial charge on any atom is 0.182 e. The zero-order valence-corrected chi connectivity index (χ0v) is 12.6. The summed E-state index contributed by atoms with van der Waals surface area (Å²) in [5, 5.41) is 18.0. The van der Waals surface area contributed by atoms with Gasteiger partial charge in [-0.1, -0.05) is 41.7 Å². The summed E-state index contributed by atoms with van der Waals surface area (Å²) in [6.07, 6.45) is 4.84. The Balaban J connectivity index is 1.71. The summed E-state index contributed by atoms with van der Waals surface area (Å²) in [5.74, 6) is 0.0650. The first kappa shape index (κ1) is 14.3. The Labute approximate surface area is 132 Å². The minimum absolute atomic E-state index is 0.0650. The smallest absolute Gasteiger partial charge is 0.182 e. The van der Waals surface area contributed by atoms with E-state index in [9.17, 15) is 5.11 Å². The molecule has 0 fully saturated rings. The number of benzene rings is 1. The van der Waals surface area contributed by atoms with Crippen molar-refractivity contribution < 1.29 is 5.11 Å². The molecule has 0 amide bonds. The average Bonchev–Trinajstić information content (AvgIpc) is 3.09. The molecule has 0 unspecified atom stereocenters. The van der Waals surface area contributed by atoms with Gasteiger partial charge in [0.1, 0.15) is 11.8 Å². The summed E-state index contributed by atoms with van der Waals surface area (Å²) in [4.78, 5) is 8.43. The molecule has 1 aromatic carbocycles. The summed E-state index contributed by atoms with van der Waals surface area (Å²) in [7, 11) is 0. The fourth-order valence-electron chi connectivity index (χ4n) is 2.03. The van der Waals surface area contributed by atoms with Crippen molar-refractivity contribution >= 4 is 23.2 Å². The van der Waals surface area contributed by atoms with Gasteiger partial charge in [-0.3, -0.25) is 0 Å². The molecule has 0 aliphatic rings. The van der Waals surface area contributed by atoms with E-state index in [4.69, 9.17) is 0 Å². The van der Waals surface area contributed by atoms with E-state index in [-0.39, 0.29) is 5.76 Å². The summed E-state index contributed by atoms with van der Waals surface area (Å²) in [6, 6.07) is 12.1. The van der Waals surface area contributed by atoms with Crippen molar-refractivity contribution in [3.05, 3.63) is 70.2 Å². The van der Waals surface area contributed by atoms with Crippen molar-refractivity contribution in [1.29, 1.82) is 0 Å². The first-order valence-corrected chi connectivity index (χ1v) is 7.71. The number of hydrogen-bond donors (Lipinski definition) is 1. The Morgan fingerprint density at radius 2 is 2.00 bits per heavy atom. The van der Waals surface area contributed by atoms with Crippen LogP contribution in [0.4, 0.5) is 0 Å². The molecule has 0 aliphatic carbocycles. The molecule has 3 aromatic rings. The van der Waals surface area contributed by atoms with Crippen LogP contribution in [0.3, 0.4) is 0 Å². The highest BCUT2D eigenvalue weighted by Gasteiger charge is 2.05. The van der Waals surface area contributed by atoms with Crippen molar-refractivity contribution in [3.8, 4) is 0 Å². The molecule has 0 aliphatic heterocycles. The van der Waals surface area contributed by atoms with E-state index in [1.807, 2.05) is 24.3 Å². The van der Waals surface area contributed by atoms with Gasteiger partial charge in [-0.2, -0.15) is 0 Å². The standard InChI is InChI=1S/C16H14N4OS/c21-15(16-20-19-11-22-16)9-14-8-13(17-10-18-14)7-6-12-4-2-1-3-5-12/h1-5,8-11,21H,6-7H2/b15-9+. The van der Waals surface area contributed by atoms with Crippen LogP contribution in [0.2, 0.25) is 0 Å². The van der Waals surface area contributed by atoms with Gasteiger partial charge in [0.05, 0.1) is 5.69 Å². The van der Waals surface area contributed by atoms with Crippen LogP contribution in [0.25, 0.3) is 11.8 Å². The van der Waals surface area contributed by atoms with Crippen LogP contribution >= 0.6 is 11.3 Å². The number of aryl methyl sites for hydroxylation is 2. The number of aromatic nitrogens is 4. The summed E-state index contributed by atoms with van der Waals surface area (Å²) >= 11 is 1.28. The fraction of sp³-hybridized carbons (Fsp3) is 0.125. The number of rotatable bonds is 5. The number of nitrogens with zero attached hydrogens (tertiary/aromatic N) is 4. The largest absolute Gasteiger partial charge is 0.505 e. The Hall–Kier alpha value is -2.60. The second kappa shape index (κ2) is 6.91. The summed E-state index contributed by atoms with van der Waals surface area (Å²) in [6.45, 7) is 0. The third-order valence-corrected chi connectivity index (χ3v) is 3.83. The van der Waals surface area contributed by atoms with Gasteiger partial charge in [0.25, 0.3) is 0 Å². The lowest BCUT2D eigenvalue weighted by atomic mass is 10.1. The molecule has 0 saturated carbocycles. The molecule has 0 spiro atoms. The maximum atomic E-state index is 9.97. The van der Waals surface area contributed by atoms with Crippen molar-refractivity contribution in [3.63, 3.8) is 0 Å². The van der Waals surface area contributed by atoms with E-state index >= 15 is 0 Å². The first-order valence-electron chi connectivity index (χ1n) is 6.83.